The summed E-state index contributed by atoms with van der Waals surface area (Å²) in [6, 6.07) is 14.0. The SMILES string of the molecule is COC(=O)c1ccc(NC(=O)CNc2ccccc2OCC(C)C)cc1. The van der Waals surface area contributed by atoms with Crippen molar-refractivity contribution in [3.05, 3.63) is 54.1 Å². The van der Waals surface area contributed by atoms with Gasteiger partial charge in [-0.05, 0) is 42.3 Å². The second kappa shape index (κ2) is 9.46. The van der Waals surface area contributed by atoms with Crippen LogP contribution in [0, 0.1) is 5.92 Å². The molecule has 2 rings (SSSR count). The number of benzene rings is 2. The third-order valence-corrected chi connectivity index (χ3v) is 3.49. The predicted molar refractivity (Wildman–Crippen MR) is 102 cm³/mol. The Hall–Kier alpha value is -3.02. The fraction of sp³-hybridized carbons (Fsp3) is 0.300. The predicted octanol–water partition coefficient (Wildman–Crippen LogP) is 3.56. The molecule has 2 aromatic rings. The average Bonchev–Trinajstić information content (AvgIpc) is 2.65. The monoisotopic (exact) mass is 356 g/mol. The van der Waals surface area contributed by atoms with Gasteiger partial charge in [0.15, 0.2) is 0 Å². The molecule has 0 aliphatic rings. The molecule has 0 heterocycles. The zero-order valence-electron chi connectivity index (χ0n) is 15.2. The fourth-order valence-corrected chi connectivity index (χ4v) is 2.18. The molecule has 2 N–H and O–H groups in total. The van der Waals surface area contributed by atoms with Gasteiger partial charge in [0, 0.05) is 5.69 Å². The lowest BCUT2D eigenvalue weighted by Crippen LogP contribution is -2.22. The normalized spacial score (nSPS) is 10.3. The smallest absolute Gasteiger partial charge is 0.337 e. The summed E-state index contributed by atoms with van der Waals surface area (Å²) in [5.41, 5.74) is 1.80. The molecule has 1 amide bonds. The highest BCUT2D eigenvalue weighted by molar-refractivity contribution is 5.95. The number of methoxy groups -OCH3 is 1. The fourth-order valence-electron chi connectivity index (χ4n) is 2.18. The van der Waals surface area contributed by atoms with Crippen molar-refractivity contribution < 1.29 is 19.1 Å². The molecular weight excluding hydrogens is 332 g/mol. The van der Waals surface area contributed by atoms with Gasteiger partial charge in [-0.15, -0.1) is 0 Å². The van der Waals surface area contributed by atoms with Crippen LogP contribution in [0.2, 0.25) is 0 Å². The van der Waals surface area contributed by atoms with Crippen molar-refractivity contribution in [2.75, 3.05) is 30.9 Å². The van der Waals surface area contributed by atoms with Gasteiger partial charge in [-0.25, -0.2) is 4.79 Å². The summed E-state index contributed by atoms with van der Waals surface area (Å²) < 4.78 is 10.4. The van der Waals surface area contributed by atoms with Crippen LogP contribution in [0.25, 0.3) is 0 Å². The minimum Gasteiger partial charge on any atom is -0.491 e. The Morgan fingerprint density at radius 1 is 1.04 bits per heavy atom. The maximum atomic E-state index is 12.1. The highest BCUT2D eigenvalue weighted by Crippen LogP contribution is 2.24. The van der Waals surface area contributed by atoms with Crippen LogP contribution in [0.15, 0.2) is 48.5 Å². The first-order valence-electron chi connectivity index (χ1n) is 8.43. The van der Waals surface area contributed by atoms with Crippen LogP contribution in [0.1, 0.15) is 24.2 Å². The summed E-state index contributed by atoms with van der Waals surface area (Å²) >= 11 is 0. The Bertz CT molecular complexity index is 742. The zero-order chi connectivity index (χ0) is 18.9. The molecule has 0 aliphatic heterocycles. The van der Waals surface area contributed by atoms with Gasteiger partial charge in [-0.3, -0.25) is 4.79 Å². The van der Waals surface area contributed by atoms with E-state index in [1.165, 1.54) is 7.11 Å². The first-order chi connectivity index (χ1) is 12.5. The third kappa shape index (κ3) is 5.81. The van der Waals surface area contributed by atoms with E-state index in [0.29, 0.717) is 23.8 Å². The van der Waals surface area contributed by atoms with Crippen LogP contribution in [-0.4, -0.2) is 32.1 Å². The number of anilines is 2. The molecule has 0 aromatic heterocycles. The molecule has 0 atom stereocenters. The molecule has 0 spiro atoms. The molecule has 0 aliphatic carbocycles. The molecule has 0 saturated heterocycles. The minimum atomic E-state index is -0.414. The largest absolute Gasteiger partial charge is 0.491 e. The lowest BCUT2D eigenvalue weighted by molar-refractivity contribution is -0.114. The van der Waals surface area contributed by atoms with Crippen molar-refractivity contribution in [3.8, 4) is 5.75 Å². The Morgan fingerprint density at radius 3 is 2.38 bits per heavy atom. The number of rotatable bonds is 8. The first kappa shape index (κ1) is 19.3. The quantitative estimate of drug-likeness (QED) is 0.707. The van der Waals surface area contributed by atoms with Gasteiger partial charge in [0.25, 0.3) is 0 Å². The number of carbonyl (C=O) groups is 2. The van der Waals surface area contributed by atoms with E-state index < -0.39 is 5.97 Å². The van der Waals surface area contributed by atoms with Crippen LogP contribution in [0.5, 0.6) is 5.75 Å². The van der Waals surface area contributed by atoms with E-state index in [4.69, 9.17) is 4.74 Å². The van der Waals surface area contributed by atoms with Crippen molar-refractivity contribution >= 4 is 23.3 Å². The number of nitrogens with one attached hydrogen (secondary N) is 2. The molecule has 0 unspecified atom stereocenters. The molecule has 6 nitrogen and oxygen atoms in total. The number of hydrogen-bond acceptors (Lipinski definition) is 5. The number of ether oxygens (including phenoxy) is 2. The van der Waals surface area contributed by atoms with E-state index in [2.05, 4.69) is 29.2 Å². The van der Waals surface area contributed by atoms with Crippen molar-refractivity contribution in [3.63, 3.8) is 0 Å². The van der Waals surface area contributed by atoms with Crippen LogP contribution in [-0.2, 0) is 9.53 Å². The average molecular weight is 356 g/mol. The number of para-hydroxylation sites is 2. The zero-order valence-corrected chi connectivity index (χ0v) is 15.2. The summed E-state index contributed by atoms with van der Waals surface area (Å²) in [5, 5.41) is 5.86. The van der Waals surface area contributed by atoms with Crippen LogP contribution in [0.4, 0.5) is 11.4 Å². The molecule has 138 valence electrons. The van der Waals surface area contributed by atoms with Gasteiger partial charge >= 0.3 is 5.97 Å². The Labute approximate surface area is 153 Å². The summed E-state index contributed by atoms with van der Waals surface area (Å²) in [7, 11) is 1.33. The summed E-state index contributed by atoms with van der Waals surface area (Å²) in [6.45, 7) is 4.86. The number of esters is 1. The number of hydrogen-bond donors (Lipinski definition) is 2. The van der Waals surface area contributed by atoms with Crippen LogP contribution < -0.4 is 15.4 Å². The van der Waals surface area contributed by atoms with Crippen molar-refractivity contribution in [2.45, 2.75) is 13.8 Å². The maximum absolute atomic E-state index is 12.1. The highest BCUT2D eigenvalue weighted by atomic mass is 16.5. The number of amides is 1. The maximum Gasteiger partial charge on any atom is 0.337 e. The molecule has 0 bridgehead atoms. The topological polar surface area (TPSA) is 76.7 Å². The van der Waals surface area contributed by atoms with E-state index >= 15 is 0 Å². The molecule has 0 radical (unpaired) electrons. The van der Waals surface area contributed by atoms with Crippen LogP contribution in [0.3, 0.4) is 0 Å². The minimum absolute atomic E-state index is 0.0980. The summed E-state index contributed by atoms with van der Waals surface area (Å²) in [5.74, 6) is 0.521. The van der Waals surface area contributed by atoms with E-state index in [1.54, 1.807) is 24.3 Å². The molecule has 26 heavy (non-hydrogen) atoms. The van der Waals surface area contributed by atoms with E-state index in [1.807, 2.05) is 24.3 Å². The Balaban J connectivity index is 1.90. The summed E-state index contributed by atoms with van der Waals surface area (Å²) in [4.78, 5) is 23.5. The van der Waals surface area contributed by atoms with Gasteiger partial charge in [-0.2, -0.15) is 0 Å². The lowest BCUT2D eigenvalue weighted by Gasteiger charge is -2.14. The van der Waals surface area contributed by atoms with Crippen molar-refractivity contribution in [2.24, 2.45) is 5.92 Å². The highest BCUT2D eigenvalue weighted by Gasteiger charge is 2.08. The second-order valence-corrected chi connectivity index (χ2v) is 6.17. The molecule has 2 aromatic carbocycles. The number of carbonyl (C=O) groups excluding carboxylic acids is 2. The molecular formula is C20H24N2O4. The van der Waals surface area contributed by atoms with Gasteiger partial charge in [0.05, 0.1) is 31.5 Å². The molecule has 6 heteroatoms. The molecule has 0 saturated carbocycles. The van der Waals surface area contributed by atoms with Crippen LogP contribution >= 0.6 is 0 Å². The van der Waals surface area contributed by atoms with Crippen molar-refractivity contribution in [1.82, 2.24) is 0 Å². The van der Waals surface area contributed by atoms with Crippen molar-refractivity contribution in [1.29, 1.82) is 0 Å². The van der Waals surface area contributed by atoms with Gasteiger partial charge in [0.1, 0.15) is 5.75 Å². The molecule has 0 fully saturated rings. The van der Waals surface area contributed by atoms with Gasteiger partial charge < -0.3 is 20.1 Å². The third-order valence-electron chi connectivity index (χ3n) is 3.49. The van der Waals surface area contributed by atoms with E-state index in [9.17, 15) is 9.59 Å². The standard InChI is InChI=1S/C20H24N2O4/c1-14(2)13-26-18-7-5-4-6-17(18)21-12-19(23)22-16-10-8-15(9-11-16)20(24)25-3/h4-11,14,21H,12-13H2,1-3H3,(H,22,23). The lowest BCUT2D eigenvalue weighted by atomic mass is 10.2. The van der Waals surface area contributed by atoms with E-state index in [0.717, 1.165) is 11.4 Å². The Kier molecular flexibility index (Phi) is 7.02. The first-order valence-corrected chi connectivity index (χ1v) is 8.43. The second-order valence-electron chi connectivity index (χ2n) is 6.17. The summed E-state index contributed by atoms with van der Waals surface area (Å²) in [6.07, 6.45) is 0. The van der Waals surface area contributed by atoms with E-state index in [-0.39, 0.29) is 12.5 Å². The van der Waals surface area contributed by atoms with Gasteiger partial charge in [-0.1, -0.05) is 26.0 Å². The Morgan fingerprint density at radius 2 is 1.73 bits per heavy atom. The van der Waals surface area contributed by atoms with Gasteiger partial charge in [0.2, 0.25) is 5.91 Å².